The summed E-state index contributed by atoms with van der Waals surface area (Å²) < 4.78 is 0. The van der Waals surface area contributed by atoms with E-state index in [-0.39, 0.29) is 21.8 Å². The zero-order valence-electron chi connectivity index (χ0n) is 10.6. The van der Waals surface area contributed by atoms with E-state index in [0.29, 0.717) is 5.56 Å². The van der Waals surface area contributed by atoms with Gasteiger partial charge in [-0.25, -0.2) is 4.79 Å². The van der Waals surface area contributed by atoms with Gasteiger partial charge in [0.15, 0.2) is 0 Å². The first-order valence-corrected chi connectivity index (χ1v) is 6.23. The van der Waals surface area contributed by atoms with Crippen LogP contribution in [0.15, 0.2) is 42.5 Å². The second kappa shape index (κ2) is 6.07. The van der Waals surface area contributed by atoms with Crippen molar-refractivity contribution in [1.82, 2.24) is 0 Å². The topological polar surface area (TPSA) is 90.2 Å². The van der Waals surface area contributed by atoms with Crippen molar-refractivity contribution in [2.45, 2.75) is 0 Å². The van der Waals surface area contributed by atoms with Gasteiger partial charge in [0.1, 0.15) is 0 Å². The molecule has 0 spiro atoms. The molecule has 104 valence electrons. The van der Waals surface area contributed by atoms with E-state index in [1.807, 2.05) is 6.07 Å². The zero-order chi connectivity index (χ0) is 15.4. The van der Waals surface area contributed by atoms with Gasteiger partial charge in [0.2, 0.25) is 0 Å². The van der Waals surface area contributed by atoms with Crippen molar-refractivity contribution in [2.24, 2.45) is 0 Å². The van der Waals surface area contributed by atoms with Gasteiger partial charge in [-0.05, 0) is 36.4 Å². The Morgan fingerprint density at radius 1 is 1.14 bits per heavy atom. The third kappa shape index (κ3) is 3.38. The number of carbonyl (C=O) groups excluding carboxylic acids is 1. The van der Waals surface area contributed by atoms with Crippen LogP contribution in [-0.4, -0.2) is 17.0 Å². The van der Waals surface area contributed by atoms with E-state index in [0.717, 1.165) is 0 Å². The van der Waals surface area contributed by atoms with Crippen molar-refractivity contribution in [3.05, 3.63) is 64.2 Å². The first-order chi connectivity index (χ1) is 10.0. The summed E-state index contributed by atoms with van der Waals surface area (Å²) in [6.45, 7) is 0. The molecule has 6 heteroatoms. The summed E-state index contributed by atoms with van der Waals surface area (Å²) in [5.74, 6) is -1.59. The number of hydrogen-bond donors (Lipinski definition) is 2. The van der Waals surface area contributed by atoms with E-state index in [9.17, 15) is 9.59 Å². The van der Waals surface area contributed by atoms with Crippen LogP contribution in [0.1, 0.15) is 26.3 Å². The number of anilines is 1. The standard InChI is InChI=1S/C15H9ClN2O3/c16-12-5-4-11(15(20)21)7-13(12)18-14(19)10-3-1-2-9(6-10)8-17/h1-7H,(H,18,19)(H,20,21). The quantitative estimate of drug-likeness (QED) is 0.911. The molecule has 0 unspecified atom stereocenters. The molecule has 2 aromatic rings. The van der Waals surface area contributed by atoms with Gasteiger partial charge in [0.05, 0.1) is 27.9 Å². The van der Waals surface area contributed by atoms with E-state index < -0.39 is 11.9 Å². The average Bonchev–Trinajstić information content (AvgIpc) is 2.49. The number of benzene rings is 2. The molecule has 0 aromatic heterocycles. The number of nitrogens with zero attached hydrogens (tertiary/aromatic N) is 1. The van der Waals surface area contributed by atoms with Gasteiger partial charge in [0, 0.05) is 5.56 Å². The number of hydrogen-bond acceptors (Lipinski definition) is 3. The number of carboxylic acid groups (broad SMARTS) is 1. The van der Waals surface area contributed by atoms with Crippen LogP contribution in [0, 0.1) is 11.3 Å². The van der Waals surface area contributed by atoms with Gasteiger partial charge in [-0.3, -0.25) is 4.79 Å². The summed E-state index contributed by atoms with van der Waals surface area (Å²) in [5, 5.41) is 20.5. The van der Waals surface area contributed by atoms with E-state index in [4.69, 9.17) is 22.0 Å². The maximum atomic E-state index is 12.1. The lowest BCUT2D eigenvalue weighted by Gasteiger charge is -2.08. The highest BCUT2D eigenvalue weighted by molar-refractivity contribution is 6.34. The maximum Gasteiger partial charge on any atom is 0.335 e. The molecule has 1 amide bonds. The van der Waals surface area contributed by atoms with E-state index in [2.05, 4.69) is 5.32 Å². The lowest BCUT2D eigenvalue weighted by molar-refractivity contribution is 0.0696. The second-order valence-electron chi connectivity index (χ2n) is 4.15. The third-order valence-electron chi connectivity index (χ3n) is 2.72. The van der Waals surface area contributed by atoms with Crippen molar-refractivity contribution < 1.29 is 14.7 Å². The normalized spacial score (nSPS) is 9.71. The monoisotopic (exact) mass is 300 g/mol. The number of amides is 1. The Labute approximate surface area is 125 Å². The number of rotatable bonds is 3. The number of aromatic carboxylic acids is 1. The van der Waals surface area contributed by atoms with Crippen molar-refractivity contribution >= 4 is 29.2 Å². The molecule has 0 saturated heterocycles. The molecule has 2 N–H and O–H groups in total. The summed E-state index contributed by atoms with van der Waals surface area (Å²) in [6, 6.07) is 12.1. The first-order valence-electron chi connectivity index (χ1n) is 5.85. The van der Waals surface area contributed by atoms with Crippen molar-refractivity contribution in [2.75, 3.05) is 5.32 Å². The molecule has 0 aliphatic heterocycles. The van der Waals surface area contributed by atoms with Crippen LogP contribution in [0.5, 0.6) is 0 Å². The lowest BCUT2D eigenvalue weighted by atomic mass is 10.1. The molecule has 0 aliphatic rings. The Hall–Kier alpha value is -2.84. The van der Waals surface area contributed by atoms with Gasteiger partial charge < -0.3 is 10.4 Å². The zero-order valence-corrected chi connectivity index (χ0v) is 11.4. The largest absolute Gasteiger partial charge is 0.478 e. The molecular weight excluding hydrogens is 292 g/mol. The molecule has 0 radical (unpaired) electrons. The van der Waals surface area contributed by atoms with Crippen LogP contribution in [0.2, 0.25) is 5.02 Å². The van der Waals surface area contributed by atoms with E-state index in [1.54, 1.807) is 18.2 Å². The highest BCUT2D eigenvalue weighted by Crippen LogP contribution is 2.23. The Balaban J connectivity index is 2.29. The van der Waals surface area contributed by atoms with Crippen LogP contribution in [-0.2, 0) is 0 Å². The minimum atomic E-state index is -1.12. The lowest BCUT2D eigenvalue weighted by Crippen LogP contribution is -2.13. The summed E-state index contributed by atoms with van der Waals surface area (Å²) in [7, 11) is 0. The molecule has 21 heavy (non-hydrogen) atoms. The third-order valence-corrected chi connectivity index (χ3v) is 3.04. The Morgan fingerprint density at radius 2 is 1.90 bits per heavy atom. The second-order valence-corrected chi connectivity index (χ2v) is 4.55. The summed E-state index contributed by atoms with van der Waals surface area (Å²) in [5.41, 5.74) is 0.850. The molecule has 0 fully saturated rings. The van der Waals surface area contributed by atoms with Gasteiger partial charge in [-0.1, -0.05) is 17.7 Å². The van der Waals surface area contributed by atoms with Gasteiger partial charge >= 0.3 is 5.97 Å². The van der Waals surface area contributed by atoms with E-state index >= 15 is 0 Å². The van der Waals surface area contributed by atoms with Crippen LogP contribution < -0.4 is 5.32 Å². The SMILES string of the molecule is N#Cc1cccc(C(=O)Nc2cc(C(=O)O)ccc2Cl)c1. The molecule has 0 atom stereocenters. The van der Waals surface area contributed by atoms with Crippen LogP contribution >= 0.6 is 11.6 Å². The van der Waals surface area contributed by atoms with Crippen molar-refractivity contribution in [3.8, 4) is 6.07 Å². The van der Waals surface area contributed by atoms with Crippen LogP contribution in [0.4, 0.5) is 5.69 Å². The number of carbonyl (C=O) groups is 2. The molecule has 0 aliphatic carbocycles. The smallest absolute Gasteiger partial charge is 0.335 e. The average molecular weight is 301 g/mol. The number of halogens is 1. The van der Waals surface area contributed by atoms with Crippen LogP contribution in [0.3, 0.4) is 0 Å². The molecular formula is C15H9ClN2O3. The first kappa shape index (κ1) is 14.6. The summed E-state index contributed by atoms with van der Waals surface area (Å²) in [6.07, 6.45) is 0. The predicted octanol–water partition coefficient (Wildman–Crippen LogP) is 3.16. The fourth-order valence-electron chi connectivity index (χ4n) is 1.68. The highest BCUT2D eigenvalue weighted by Gasteiger charge is 2.12. The fraction of sp³-hybridized carbons (Fsp3) is 0. The highest BCUT2D eigenvalue weighted by atomic mass is 35.5. The molecule has 0 heterocycles. The molecule has 0 saturated carbocycles. The Morgan fingerprint density at radius 3 is 2.57 bits per heavy atom. The van der Waals surface area contributed by atoms with Crippen LogP contribution in [0.25, 0.3) is 0 Å². The fourth-order valence-corrected chi connectivity index (χ4v) is 1.84. The predicted molar refractivity (Wildman–Crippen MR) is 77.5 cm³/mol. The minimum absolute atomic E-state index is 0.0143. The summed E-state index contributed by atoms with van der Waals surface area (Å²) in [4.78, 5) is 23.0. The maximum absolute atomic E-state index is 12.1. The van der Waals surface area contributed by atoms with Crippen molar-refractivity contribution in [3.63, 3.8) is 0 Å². The van der Waals surface area contributed by atoms with E-state index in [1.165, 1.54) is 24.3 Å². The summed E-state index contributed by atoms with van der Waals surface area (Å²) >= 11 is 5.93. The number of carboxylic acids is 1. The van der Waals surface area contributed by atoms with Gasteiger partial charge in [-0.15, -0.1) is 0 Å². The minimum Gasteiger partial charge on any atom is -0.478 e. The van der Waals surface area contributed by atoms with Gasteiger partial charge in [-0.2, -0.15) is 5.26 Å². The van der Waals surface area contributed by atoms with Gasteiger partial charge in [0.25, 0.3) is 5.91 Å². The molecule has 5 nitrogen and oxygen atoms in total. The molecule has 2 aromatic carbocycles. The molecule has 2 rings (SSSR count). The molecule has 0 bridgehead atoms. The number of nitriles is 1. The Bertz CT molecular complexity index is 766. The Kier molecular flexibility index (Phi) is 4.21. The number of nitrogens with one attached hydrogen (secondary N) is 1. The van der Waals surface area contributed by atoms with Crippen molar-refractivity contribution in [1.29, 1.82) is 5.26 Å².